The van der Waals surface area contributed by atoms with E-state index < -0.39 is 15.6 Å². The zero-order chi connectivity index (χ0) is 14.1. The Kier molecular flexibility index (Phi) is 4.15. The van der Waals surface area contributed by atoms with Crippen molar-refractivity contribution in [3.63, 3.8) is 0 Å². The van der Waals surface area contributed by atoms with Crippen LogP contribution in [0, 0.1) is 0 Å². The second kappa shape index (κ2) is 5.36. The summed E-state index contributed by atoms with van der Waals surface area (Å²) < 4.78 is 25.8. The van der Waals surface area contributed by atoms with Gasteiger partial charge in [0.25, 0.3) is 0 Å². The highest BCUT2D eigenvalue weighted by atomic mass is 35.5. The number of likely N-dealkylation sites (N-methyl/N-ethyl adjacent to an activating group) is 1. The summed E-state index contributed by atoms with van der Waals surface area (Å²) in [5.41, 5.74) is -0.901. The number of nitrogens with zero attached hydrogens (tertiary/aromatic N) is 2. The van der Waals surface area contributed by atoms with E-state index in [9.17, 15) is 13.5 Å². The van der Waals surface area contributed by atoms with Crippen molar-refractivity contribution in [2.24, 2.45) is 0 Å². The van der Waals surface area contributed by atoms with Crippen LogP contribution in [0.1, 0.15) is 25.7 Å². The van der Waals surface area contributed by atoms with E-state index in [2.05, 4.69) is 4.98 Å². The van der Waals surface area contributed by atoms with Gasteiger partial charge in [0.2, 0.25) is 10.0 Å². The SMILES string of the molecule is CN(CC1(O)CCCC1)S(=O)(=O)c1ccc(Cl)nc1. The molecule has 0 atom stereocenters. The van der Waals surface area contributed by atoms with Gasteiger partial charge in [0.1, 0.15) is 10.0 Å². The Bertz CT molecular complexity index is 539. The van der Waals surface area contributed by atoms with Gasteiger partial charge in [-0.25, -0.2) is 13.4 Å². The standard InChI is InChI=1S/C12H17ClN2O3S/c1-15(9-12(16)6-2-3-7-12)19(17,18)10-4-5-11(13)14-8-10/h4-5,8,16H,2-3,6-7,9H2,1H3. The average Bonchev–Trinajstić information content (AvgIpc) is 2.76. The first kappa shape index (κ1) is 14.7. The highest BCUT2D eigenvalue weighted by Crippen LogP contribution is 2.31. The van der Waals surface area contributed by atoms with Crippen LogP contribution in [0.2, 0.25) is 5.15 Å². The molecule has 1 N–H and O–H groups in total. The van der Waals surface area contributed by atoms with Gasteiger partial charge in [-0.3, -0.25) is 0 Å². The van der Waals surface area contributed by atoms with E-state index in [4.69, 9.17) is 11.6 Å². The van der Waals surface area contributed by atoms with Crippen molar-refractivity contribution in [1.82, 2.24) is 9.29 Å². The fraction of sp³-hybridized carbons (Fsp3) is 0.583. The zero-order valence-electron chi connectivity index (χ0n) is 10.7. The lowest BCUT2D eigenvalue weighted by Crippen LogP contribution is -2.41. The monoisotopic (exact) mass is 304 g/mol. The summed E-state index contributed by atoms with van der Waals surface area (Å²) in [5, 5.41) is 10.5. The summed E-state index contributed by atoms with van der Waals surface area (Å²) in [6.45, 7) is 0.109. The Hall–Kier alpha value is -0.690. The molecular weight excluding hydrogens is 288 g/mol. The molecule has 0 aliphatic heterocycles. The number of sulfonamides is 1. The number of halogens is 1. The first-order valence-electron chi connectivity index (χ1n) is 6.14. The predicted octanol–water partition coefficient (Wildman–Crippen LogP) is 1.66. The third kappa shape index (κ3) is 3.25. The molecule has 1 aliphatic carbocycles. The van der Waals surface area contributed by atoms with Gasteiger partial charge in [-0.1, -0.05) is 24.4 Å². The minimum absolute atomic E-state index is 0.0843. The maximum absolute atomic E-state index is 12.3. The van der Waals surface area contributed by atoms with E-state index in [1.165, 1.54) is 29.7 Å². The van der Waals surface area contributed by atoms with Gasteiger partial charge >= 0.3 is 0 Å². The van der Waals surface area contributed by atoms with E-state index in [1.54, 1.807) is 0 Å². The summed E-state index contributed by atoms with van der Waals surface area (Å²) >= 11 is 5.64. The topological polar surface area (TPSA) is 70.5 Å². The van der Waals surface area contributed by atoms with Crippen molar-refractivity contribution < 1.29 is 13.5 Å². The lowest BCUT2D eigenvalue weighted by molar-refractivity contribution is 0.0333. The molecule has 2 rings (SSSR count). The molecule has 5 nitrogen and oxygen atoms in total. The smallest absolute Gasteiger partial charge is 0.244 e. The molecule has 19 heavy (non-hydrogen) atoms. The summed E-state index contributed by atoms with van der Waals surface area (Å²) in [5.74, 6) is 0. The average molecular weight is 305 g/mol. The lowest BCUT2D eigenvalue weighted by Gasteiger charge is -2.28. The molecule has 1 fully saturated rings. The first-order valence-corrected chi connectivity index (χ1v) is 7.96. The van der Waals surface area contributed by atoms with Crippen LogP contribution in [0.25, 0.3) is 0 Å². The number of rotatable bonds is 4. The number of pyridine rings is 1. The number of aliphatic hydroxyl groups is 1. The van der Waals surface area contributed by atoms with Gasteiger partial charge in [0.05, 0.1) is 5.60 Å². The molecule has 0 unspecified atom stereocenters. The molecule has 0 spiro atoms. The quantitative estimate of drug-likeness (QED) is 0.859. The molecule has 1 aromatic rings. The second-order valence-electron chi connectivity index (χ2n) is 5.01. The van der Waals surface area contributed by atoms with Crippen LogP contribution >= 0.6 is 11.6 Å². The molecule has 1 aromatic heterocycles. The van der Waals surface area contributed by atoms with Crippen molar-refractivity contribution in [3.8, 4) is 0 Å². The van der Waals surface area contributed by atoms with Crippen LogP contribution in [0.4, 0.5) is 0 Å². The van der Waals surface area contributed by atoms with Crippen molar-refractivity contribution >= 4 is 21.6 Å². The number of aromatic nitrogens is 1. The normalized spacial score (nSPS) is 18.9. The molecule has 7 heteroatoms. The van der Waals surface area contributed by atoms with Crippen molar-refractivity contribution in [2.45, 2.75) is 36.2 Å². The predicted molar refractivity (Wildman–Crippen MR) is 72.5 cm³/mol. The second-order valence-corrected chi connectivity index (χ2v) is 7.44. The van der Waals surface area contributed by atoms with Gasteiger partial charge in [-0.2, -0.15) is 4.31 Å². The van der Waals surface area contributed by atoms with Gasteiger partial charge in [-0.15, -0.1) is 0 Å². The van der Waals surface area contributed by atoms with E-state index in [1.807, 2.05) is 0 Å². The van der Waals surface area contributed by atoms with Crippen LogP contribution in [0.15, 0.2) is 23.2 Å². The number of hydrogen-bond donors (Lipinski definition) is 1. The summed E-state index contributed by atoms with van der Waals surface area (Å²) in [6, 6.07) is 2.85. The van der Waals surface area contributed by atoms with Gasteiger partial charge in [0.15, 0.2) is 0 Å². The van der Waals surface area contributed by atoms with Crippen LogP contribution in [-0.2, 0) is 10.0 Å². The van der Waals surface area contributed by atoms with Crippen molar-refractivity contribution in [3.05, 3.63) is 23.5 Å². The summed E-state index contributed by atoms with van der Waals surface area (Å²) in [7, 11) is -2.16. The highest BCUT2D eigenvalue weighted by Gasteiger charge is 2.35. The van der Waals surface area contributed by atoms with E-state index >= 15 is 0 Å². The molecule has 1 heterocycles. The molecule has 106 valence electrons. The molecule has 1 aliphatic rings. The number of hydrogen-bond acceptors (Lipinski definition) is 4. The third-order valence-electron chi connectivity index (χ3n) is 3.46. The van der Waals surface area contributed by atoms with Crippen molar-refractivity contribution in [2.75, 3.05) is 13.6 Å². The molecule has 0 aromatic carbocycles. The molecule has 0 radical (unpaired) electrons. The Labute approximate surface area is 118 Å². The Morgan fingerprint density at radius 2 is 2.05 bits per heavy atom. The van der Waals surface area contributed by atoms with E-state index in [0.717, 1.165) is 12.8 Å². The maximum atomic E-state index is 12.3. The zero-order valence-corrected chi connectivity index (χ0v) is 12.3. The Morgan fingerprint density at radius 1 is 1.42 bits per heavy atom. The molecule has 1 saturated carbocycles. The van der Waals surface area contributed by atoms with E-state index in [0.29, 0.717) is 12.8 Å². The summed E-state index contributed by atoms with van der Waals surface area (Å²) in [6.07, 6.45) is 4.39. The van der Waals surface area contributed by atoms with Gasteiger partial charge in [0, 0.05) is 19.8 Å². The fourth-order valence-electron chi connectivity index (χ4n) is 2.39. The highest BCUT2D eigenvalue weighted by molar-refractivity contribution is 7.89. The molecule has 0 bridgehead atoms. The molecule has 0 saturated heterocycles. The van der Waals surface area contributed by atoms with Crippen LogP contribution in [0.5, 0.6) is 0 Å². The van der Waals surface area contributed by atoms with Crippen molar-refractivity contribution in [1.29, 1.82) is 0 Å². The minimum atomic E-state index is -3.63. The van der Waals surface area contributed by atoms with Gasteiger partial charge < -0.3 is 5.11 Å². The third-order valence-corrected chi connectivity index (χ3v) is 5.47. The summed E-state index contributed by atoms with van der Waals surface area (Å²) in [4.78, 5) is 3.86. The van der Waals surface area contributed by atoms with Crippen LogP contribution in [0.3, 0.4) is 0 Å². The molecule has 0 amide bonds. The largest absolute Gasteiger partial charge is 0.389 e. The van der Waals surface area contributed by atoms with E-state index in [-0.39, 0.29) is 16.6 Å². The first-order chi connectivity index (χ1) is 8.83. The maximum Gasteiger partial charge on any atom is 0.244 e. The molecular formula is C12H17ClN2O3S. The van der Waals surface area contributed by atoms with Crippen LogP contribution < -0.4 is 0 Å². The fourth-order valence-corrected chi connectivity index (χ4v) is 3.69. The lowest BCUT2D eigenvalue weighted by atomic mass is 10.0. The minimum Gasteiger partial charge on any atom is -0.389 e. The van der Waals surface area contributed by atoms with Crippen LogP contribution in [-0.4, -0.2) is 42.0 Å². The van der Waals surface area contributed by atoms with Gasteiger partial charge in [-0.05, 0) is 25.0 Å². The Balaban J connectivity index is 2.17. The Morgan fingerprint density at radius 3 is 2.58 bits per heavy atom.